The van der Waals surface area contributed by atoms with Crippen LogP contribution in [0.25, 0.3) is 11.3 Å². The molecule has 0 saturated carbocycles. The smallest absolute Gasteiger partial charge is 0.255 e. The van der Waals surface area contributed by atoms with Crippen LogP contribution in [0.15, 0.2) is 48.7 Å². The first-order valence-electron chi connectivity index (χ1n) is 13.8. The van der Waals surface area contributed by atoms with Gasteiger partial charge in [0, 0.05) is 30.4 Å². The molecule has 4 N–H and O–H groups in total. The monoisotopic (exact) mass is 578 g/mol. The highest BCUT2D eigenvalue weighted by Gasteiger charge is 2.37. The summed E-state index contributed by atoms with van der Waals surface area (Å²) in [6.07, 6.45) is 3.85. The Morgan fingerprint density at radius 3 is 2.80 bits per heavy atom. The number of fused-ring (bicyclic) bond motifs is 1. The third-order valence-corrected chi connectivity index (χ3v) is 7.85. The average Bonchev–Trinajstić information content (AvgIpc) is 3.24. The minimum absolute atomic E-state index is 0.0880. The number of amides is 2. The fraction of sp³-hybridized carbons (Fsp3) is 0.400. The van der Waals surface area contributed by atoms with Crippen LogP contribution >= 0.6 is 11.6 Å². The third-order valence-electron chi connectivity index (χ3n) is 7.58. The maximum Gasteiger partial charge on any atom is 0.255 e. The summed E-state index contributed by atoms with van der Waals surface area (Å²) in [4.78, 5) is 37.4. The normalized spacial score (nSPS) is 17.7. The van der Waals surface area contributed by atoms with Crippen LogP contribution < -0.4 is 21.1 Å². The van der Waals surface area contributed by atoms with Gasteiger partial charge >= 0.3 is 0 Å². The predicted octanol–water partition coefficient (Wildman–Crippen LogP) is 4.12. The standard InChI is InChI=1S/C30H35ClN6O4/c1-18(19-4-3-5-22(14-19)40-2)34-27(38)17-37-26(8-11-32)23-7-6-20(15-24(23)29(37)39)28-25(31)16-33-30(36-28)35-21-9-12-41-13-10-21/h3-7,14-16,18,21,26H,8-13,17,32H2,1-2H3,(H,34,38)(H,33,35,36)/t18?,26-/m0/s1. The molecule has 5 rings (SSSR count). The van der Waals surface area contributed by atoms with Gasteiger partial charge < -0.3 is 30.7 Å². The van der Waals surface area contributed by atoms with E-state index in [1.807, 2.05) is 43.3 Å². The van der Waals surface area contributed by atoms with E-state index in [1.54, 1.807) is 24.3 Å². The fourth-order valence-electron chi connectivity index (χ4n) is 5.39. The van der Waals surface area contributed by atoms with E-state index in [4.69, 9.17) is 26.8 Å². The fourth-order valence-corrected chi connectivity index (χ4v) is 5.59. The summed E-state index contributed by atoms with van der Waals surface area (Å²) in [7, 11) is 1.60. The van der Waals surface area contributed by atoms with Crippen LogP contribution in [0.4, 0.5) is 5.95 Å². The molecule has 2 aromatic carbocycles. The number of halogens is 1. The lowest BCUT2D eigenvalue weighted by molar-refractivity contribution is -0.122. The predicted molar refractivity (Wildman–Crippen MR) is 157 cm³/mol. The van der Waals surface area contributed by atoms with Gasteiger partial charge in [0.05, 0.1) is 36.1 Å². The molecule has 0 aliphatic carbocycles. The number of ether oxygens (including phenoxy) is 2. The number of carbonyl (C=O) groups is 2. The van der Waals surface area contributed by atoms with E-state index >= 15 is 0 Å². The average molecular weight is 579 g/mol. The van der Waals surface area contributed by atoms with Crippen LogP contribution in [-0.2, 0) is 9.53 Å². The number of nitrogens with zero attached hydrogens (tertiary/aromatic N) is 3. The summed E-state index contributed by atoms with van der Waals surface area (Å²) < 4.78 is 10.7. The second kappa shape index (κ2) is 12.8. The van der Waals surface area contributed by atoms with Crippen molar-refractivity contribution in [2.75, 3.05) is 38.7 Å². The molecule has 11 heteroatoms. The summed E-state index contributed by atoms with van der Waals surface area (Å²) >= 11 is 6.51. The number of nitrogens with two attached hydrogens (primary N) is 1. The summed E-state index contributed by atoms with van der Waals surface area (Å²) in [5, 5.41) is 6.75. The van der Waals surface area contributed by atoms with Crippen LogP contribution in [0.3, 0.4) is 0 Å². The molecule has 0 radical (unpaired) electrons. The zero-order valence-corrected chi connectivity index (χ0v) is 24.0. The maximum atomic E-state index is 13.7. The Morgan fingerprint density at radius 2 is 2.05 bits per heavy atom. The molecule has 1 unspecified atom stereocenters. The van der Waals surface area contributed by atoms with Crippen molar-refractivity contribution in [1.82, 2.24) is 20.2 Å². The second-order valence-corrected chi connectivity index (χ2v) is 10.7. The largest absolute Gasteiger partial charge is 0.497 e. The van der Waals surface area contributed by atoms with Crippen molar-refractivity contribution in [2.24, 2.45) is 5.73 Å². The molecule has 2 amide bonds. The lowest BCUT2D eigenvalue weighted by atomic mass is 9.98. The van der Waals surface area contributed by atoms with Crippen molar-refractivity contribution < 1.29 is 19.1 Å². The number of aromatic nitrogens is 2. The quantitative estimate of drug-likeness (QED) is 0.327. The molecule has 1 saturated heterocycles. The van der Waals surface area contributed by atoms with Gasteiger partial charge in [-0.2, -0.15) is 0 Å². The molecule has 0 spiro atoms. The van der Waals surface area contributed by atoms with Crippen LogP contribution in [0.2, 0.25) is 5.02 Å². The molecule has 1 fully saturated rings. The van der Waals surface area contributed by atoms with E-state index in [2.05, 4.69) is 20.6 Å². The molecule has 2 atom stereocenters. The van der Waals surface area contributed by atoms with E-state index in [9.17, 15) is 9.59 Å². The van der Waals surface area contributed by atoms with Crippen LogP contribution in [0.1, 0.15) is 59.8 Å². The Balaban J connectivity index is 1.34. The molecule has 1 aromatic heterocycles. The van der Waals surface area contributed by atoms with Gasteiger partial charge in [0.15, 0.2) is 0 Å². The number of methoxy groups -OCH3 is 1. The van der Waals surface area contributed by atoms with E-state index in [-0.39, 0.29) is 36.5 Å². The van der Waals surface area contributed by atoms with Gasteiger partial charge in [-0.25, -0.2) is 9.97 Å². The van der Waals surface area contributed by atoms with Crippen molar-refractivity contribution in [3.63, 3.8) is 0 Å². The van der Waals surface area contributed by atoms with Crippen molar-refractivity contribution >= 4 is 29.4 Å². The lowest BCUT2D eigenvalue weighted by Crippen LogP contribution is -2.40. The number of hydrogen-bond donors (Lipinski definition) is 3. The molecule has 0 bridgehead atoms. The summed E-state index contributed by atoms with van der Waals surface area (Å²) in [5.74, 6) is 0.706. The molecular weight excluding hydrogens is 544 g/mol. The second-order valence-electron chi connectivity index (χ2n) is 10.3. The first kappa shape index (κ1) is 28.8. The molecule has 3 heterocycles. The molecule has 216 valence electrons. The van der Waals surface area contributed by atoms with E-state index in [1.165, 1.54) is 0 Å². The van der Waals surface area contributed by atoms with Crippen LogP contribution in [-0.4, -0.2) is 66.1 Å². The number of anilines is 1. The van der Waals surface area contributed by atoms with Crippen molar-refractivity contribution in [3.05, 3.63) is 70.4 Å². The van der Waals surface area contributed by atoms with Gasteiger partial charge in [0.1, 0.15) is 12.3 Å². The topological polar surface area (TPSA) is 132 Å². The molecule has 3 aromatic rings. The minimum atomic E-state index is -0.305. The van der Waals surface area contributed by atoms with Crippen LogP contribution in [0.5, 0.6) is 5.75 Å². The van der Waals surface area contributed by atoms with E-state index in [0.717, 1.165) is 24.0 Å². The molecule has 2 aliphatic heterocycles. The Morgan fingerprint density at radius 1 is 1.24 bits per heavy atom. The number of rotatable bonds is 10. The van der Waals surface area contributed by atoms with Gasteiger partial charge in [-0.05, 0) is 62.1 Å². The SMILES string of the molecule is COc1cccc(C(C)NC(=O)CN2C(=O)c3cc(-c4nc(NC5CCOCC5)ncc4Cl)ccc3[C@@H]2CCN)c1. The lowest BCUT2D eigenvalue weighted by Gasteiger charge is -2.25. The van der Waals surface area contributed by atoms with Crippen molar-refractivity contribution in [3.8, 4) is 17.0 Å². The maximum absolute atomic E-state index is 13.7. The molecule has 10 nitrogen and oxygen atoms in total. The summed E-state index contributed by atoms with van der Waals surface area (Å²) in [6, 6.07) is 12.8. The van der Waals surface area contributed by atoms with E-state index < -0.39 is 0 Å². The Kier molecular flexibility index (Phi) is 9.02. The number of carbonyl (C=O) groups excluding carboxylic acids is 2. The van der Waals surface area contributed by atoms with Gasteiger partial charge in [-0.3, -0.25) is 9.59 Å². The number of benzene rings is 2. The van der Waals surface area contributed by atoms with Crippen molar-refractivity contribution in [2.45, 2.75) is 44.3 Å². The highest BCUT2D eigenvalue weighted by molar-refractivity contribution is 6.33. The third kappa shape index (κ3) is 6.45. The summed E-state index contributed by atoms with van der Waals surface area (Å²) in [6.45, 7) is 3.58. The zero-order valence-electron chi connectivity index (χ0n) is 23.2. The number of nitrogens with one attached hydrogen (secondary N) is 2. The van der Waals surface area contributed by atoms with Crippen LogP contribution in [0, 0.1) is 0 Å². The molecule has 41 heavy (non-hydrogen) atoms. The first-order chi connectivity index (χ1) is 19.9. The first-order valence-corrected chi connectivity index (χ1v) is 14.2. The Hall–Kier alpha value is -3.73. The minimum Gasteiger partial charge on any atom is -0.497 e. The van der Waals surface area contributed by atoms with Gasteiger partial charge in [0.2, 0.25) is 11.9 Å². The van der Waals surface area contributed by atoms with Gasteiger partial charge in [-0.1, -0.05) is 35.9 Å². The number of hydrogen-bond acceptors (Lipinski definition) is 8. The van der Waals surface area contributed by atoms with E-state index in [0.29, 0.717) is 59.7 Å². The van der Waals surface area contributed by atoms with Gasteiger partial charge in [0.25, 0.3) is 5.91 Å². The van der Waals surface area contributed by atoms with Gasteiger partial charge in [-0.15, -0.1) is 0 Å². The molecule has 2 aliphatic rings. The highest BCUT2D eigenvalue weighted by Crippen LogP contribution is 2.38. The zero-order chi connectivity index (χ0) is 28.9. The van der Waals surface area contributed by atoms with Crippen molar-refractivity contribution in [1.29, 1.82) is 0 Å². The Bertz CT molecular complexity index is 1410. The Labute approximate surface area is 244 Å². The molecular formula is C30H35ClN6O4. The highest BCUT2D eigenvalue weighted by atomic mass is 35.5. The summed E-state index contributed by atoms with van der Waals surface area (Å²) in [5.41, 5.74) is 9.41.